The van der Waals surface area contributed by atoms with Gasteiger partial charge in [0.25, 0.3) is 5.92 Å². The van der Waals surface area contributed by atoms with E-state index in [0.29, 0.717) is 0 Å². The minimum absolute atomic E-state index is 0.337. The van der Waals surface area contributed by atoms with Crippen molar-refractivity contribution in [3.63, 3.8) is 0 Å². The zero-order valence-corrected chi connectivity index (χ0v) is 8.50. The fraction of sp³-hybridized carbons (Fsp3) is 0.364. The molecule has 15 heavy (non-hydrogen) atoms. The Bertz CT molecular complexity index is 373. The molecule has 0 aliphatic rings. The van der Waals surface area contributed by atoms with Crippen molar-refractivity contribution in [3.8, 4) is 0 Å². The Kier molecular flexibility index (Phi) is 3.07. The molecule has 0 spiro atoms. The molecule has 0 aliphatic carbocycles. The van der Waals surface area contributed by atoms with Crippen molar-refractivity contribution < 1.29 is 18.7 Å². The zero-order chi connectivity index (χ0) is 11.6. The van der Waals surface area contributed by atoms with Crippen LogP contribution in [-0.4, -0.2) is 11.1 Å². The van der Waals surface area contributed by atoms with Crippen LogP contribution in [0.5, 0.6) is 0 Å². The summed E-state index contributed by atoms with van der Waals surface area (Å²) < 4.78 is 27.3. The van der Waals surface area contributed by atoms with Crippen molar-refractivity contribution in [3.05, 3.63) is 35.4 Å². The monoisotopic (exact) mass is 214 g/mol. The molecule has 82 valence electrons. The van der Waals surface area contributed by atoms with Crippen LogP contribution < -0.4 is 0 Å². The highest BCUT2D eigenvalue weighted by molar-refractivity contribution is 5.89. The molecular formula is C11H12F2O2. The number of carbonyl (C=O) groups is 1. The molecule has 0 bridgehead atoms. The van der Waals surface area contributed by atoms with Crippen molar-refractivity contribution in [1.29, 1.82) is 0 Å². The third-order valence-electron chi connectivity index (χ3n) is 2.24. The lowest BCUT2D eigenvalue weighted by Crippen LogP contribution is -2.24. The molecule has 0 saturated carbocycles. The summed E-state index contributed by atoms with van der Waals surface area (Å²) in [6.07, 6.45) is 0. The normalized spacial score (nSPS) is 11.8. The first-order chi connectivity index (χ1) is 6.87. The number of halogens is 2. The summed E-state index contributed by atoms with van der Waals surface area (Å²) in [5, 5.41) is 8.78. The standard InChI is InChI=1S/C11H12F2O2/c1-7(2)11(12,13)9-6-4-3-5-8(9)10(14)15/h3-7H,1-2H3,(H,14,15). The van der Waals surface area contributed by atoms with Crippen LogP contribution in [0.3, 0.4) is 0 Å². The Morgan fingerprint density at radius 3 is 2.33 bits per heavy atom. The molecule has 4 heteroatoms. The van der Waals surface area contributed by atoms with Gasteiger partial charge in [-0.2, -0.15) is 0 Å². The summed E-state index contributed by atoms with van der Waals surface area (Å²) in [5.41, 5.74) is -0.760. The van der Waals surface area contributed by atoms with E-state index in [1.54, 1.807) is 0 Å². The van der Waals surface area contributed by atoms with Crippen LogP contribution in [0.1, 0.15) is 29.8 Å². The molecular weight excluding hydrogens is 202 g/mol. The van der Waals surface area contributed by atoms with Crippen LogP contribution >= 0.6 is 0 Å². The summed E-state index contributed by atoms with van der Waals surface area (Å²) in [4.78, 5) is 10.8. The molecule has 0 unspecified atom stereocenters. The van der Waals surface area contributed by atoms with Gasteiger partial charge in [0, 0.05) is 11.5 Å². The minimum Gasteiger partial charge on any atom is -0.478 e. The van der Waals surface area contributed by atoms with E-state index in [4.69, 9.17) is 5.11 Å². The Hall–Kier alpha value is -1.45. The molecule has 0 radical (unpaired) electrons. The van der Waals surface area contributed by atoms with Gasteiger partial charge in [0.15, 0.2) is 0 Å². The number of benzene rings is 1. The van der Waals surface area contributed by atoms with Crippen molar-refractivity contribution in [2.75, 3.05) is 0 Å². The first-order valence-electron chi connectivity index (χ1n) is 4.58. The van der Waals surface area contributed by atoms with Gasteiger partial charge in [-0.25, -0.2) is 13.6 Å². The molecule has 1 rings (SSSR count). The predicted molar refractivity (Wildman–Crippen MR) is 52.1 cm³/mol. The third-order valence-corrected chi connectivity index (χ3v) is 2.24. The number of rotatable bonds is 3. The number of hydrogen-bond donors (Lipinski definition) is 1. The van der Waals surface area contributed by atoms with E-state index in [1.807, 2.05) is 0 Å². The third kappa shape index (κ3) is 2.14. The highest BCUT2D eigenvalue weighted by Crippen LogP contribution is 2.37. The van der Waals surface area contributed by atoms with Gasteiger partial charge in [-0.05, 0) is 6.07 Å². The van der Waals surface area contributed by atoms with E-state index in [0.717, 1.165) is 6.07 Å². The number of aromatic carboxylic acids is 1. The first kappa shape index (κ1) is 11.6. The summed E-state index contributed by atoms with van der Waals surface area (Å²) in [6.45, 7) is 2.72. The van der Waals surface area contributed by atoms with Crippen LogP contribution in [0, 0.1) is 5.92 Å². The molecule has 1 aromatic rings. The van der Waals surface area contributed by atoms with E-state index in [2.05, 4.69) is 0 Å². The van der Waals surface area contributed by atoms with E-state index in [1.165, 1.54) is 32.0 Å². The lowest BCUT2D eigenvalue weighted by molar-refractivity contribution is -0.0522. The topological polar surface area (TPSA) is 37.3 Å². The molecule has 0 heterocycles. The molecule has 1 aromatic carbocycles. The fourth-order valence-electron chi connectivity index (χ4n) is 1.27. The second kappa shape index (κ2) is 3.96. The van der Waals surface area contributed by atoms with Crippen molar-refractivity contribution in [2.24, 2.45) is 5.92 Å². The second-order valence-electron chi connectivity index (χ2n) is 3.63. The number of carboxylic acids is 1. The highest BCUT2D eigenvalue weighted by Gasteiger charge is 2.38. The maximum absolute atomic E-state index is 13.6. The summed E-state index contributed by atoms with van der Waals surface area (Å²) in [6, 6.07) is 5.19. The first-order valence-corrected chi connectivity index (χ1v) is 4.58. The number of hydrogen-bond acceptors (Lipinski definition) is 1. The number of carboxylic acid groups (broad SMARTS) is 1. The maximum Gasteiger partial charge on any atom is 0.336 e. The van der Waals surface area contributed by atoms with Gasteiger partial charge in [0.05, 0.1) is 5.56 Å². The Labute approximate surface area is 86.5 Å². The van der Waals surface area contributed by atoms with Crippen LogP contribution in [0.25, 0.3) is 0 Å². The molecule has 0 saturated heterocycles. The minimum atomic E-state index is -3.12. The zero-order valence-electron chi connectivity index (χ0n) is 8.50. The quantitative estimate of drug-likeness (QED) is 0.839. The van der Waals surface area contributed by atoms with Gasteiger partial charge in [-0.1, -0.05) is 32.0 Å². The average Bonchev–Trinajstić information content (AvgIpc) is 2.17. The highest BCUT2D eigenvalue weighted by atomic mass is 19.3. The van der Waals surface area contributed by atoms with Crippen molar-refractivity contribution in [1.82, 2.24) is 0 Å². The lowest BCUT2D eigenvalue weighted by Gasteiger charge is -2.22. The van der Waals surface area contributed by atoms with E-state index in [9.17, 15) is 13.6 Å². The Morgan fingerprint density at radius 1 is 1.33 bits per heavy atom. The molecule has 0 atom stereocenters. The second-order valence-corrected chi connectivity index (χ2v) is 3.63. The van der Waals surface area contributed by atoms with Gasteiger partial charge >= 0.3 is 5.97 Å². The van der Waals surface area contributed by atoms with Crippen molar-refractivity contribution in [2.45, 2.75) is 19.8 Å². The van der Waals surface area contributed by atoms with Crippen LogP contribution in [0.15, 0.2) is 24.3 Å². The smallest absolute Gasteiger partial charge is 0.336 e. The molecule has 0 aromatic heterocycles. The predicted octanol–water partition coefficient (Wildman–Crippen LogP) is 3.13. The molecule has 2 nitrogen and oxygen atoms in total. The Balaban J connectivity index is 3.31. The fourth-order valence-corrected chi connectivity index (χ4v) is 1.27. The average molecular weight is 214 g/mol. The molecule has 0 aliphatic heterocycles. The summed E-state index contributed by atoms with van der Waals surface area (Å²) in [5.74, 6) is -5.38. The van der Waals surface area contributed by atoms with Crippen LogP contribution in [0.4, 0.5) is 8.78 Å². The van der Waals surface area contributed by atoms with Gasteiger partial charge in [-0.15, -0.1) is 0 Å². The van der Waals surface area contributed by atoms with Gasteiger partial charge < -0.3 is 5.11 Å². The molecule has 0 amide bonds. The van der Waals surface area contributed by atoms with Crippen LogP contribution in [-0.2, 0) is 5.92 Å². The maximum atomic E-state index is 13.6. The summed E-state index contributed by atoms with van der Waals surface area (Å²) >= 11 is 0. The van der Waals surface area contributed by atoms with E-state index >= 15 is 0 Å². The summed E-state index contributed by atoms with van der Waals surface area (Å²) in [7, 11) is 0. The van der Waals surface area contributed by atoms with Gasteiger partial charge in [-0.3, -0.25) is 0 Å². The van der Waals surface area contributed by atoms with E-state index in [-0.39, 0.29) is 5.56 Å². The molecule has 1 N–H and O–H groups in total. The lowest BCUT2D eigenvalue weighted by atomic mass is 9.94. The SMILES string of the molecule is CC(C)C(F)(F)c1ccccc1C(=O)O. The van der Waals surface area contributed by atoms with Crippen molar-refractivity contribution >= 4 is 5.97 Å². The number of alkyl halides is 2. The van der Waals surface area contributed by atoms with Gasteiger partial charge in [0.2, 0.25) is 0 Å². The van der Waals surface area contributed by atoms with Crippen LogP contribution in [0.2, 0.25) is 0 Å². The largest absolute Gasteiger partial charge is 0.478 e. The van der Waals surface area contributed by atoms with E-state index < -0.39 is 23.4 Å². The Morgan fingerprint density at radius 2 is 1.87 bits per heavy atom. The molecule has 0 fully saturated rings. The van der Waals surface area contributed by atoms with Gasteiger partial charge in [0.1, 0.15) is 0 Å².